The van der Waals surface area contributed by atoms with Gasteiger partial charge in [-0.3, -0.25) is 9.69 Å². The van der Waals surface area contributed by atoms with Crippen molar-refractivity contribution in [3.8, 4) is 11.5 Å². The van der Waals surface area contributed by atoms with E-state index < -0.39 is 0 Å². The fourth-order valence-corrected chi connectivity index (χ4v) is 3.42. The first-order valence-electron chi connectivity index (χ1n) is 9.04. The maximum Gasteiger partial charge on any atom is 0.223 e. The molecule has 25 heavy (non-hydrogen) atoms. The summed E-state index contributed by atoms with van der Waals surface area (Å²) in [6, 6.07) is 6.09. The summed E-state index contributed by atoms with van der Waals surface area (Å²) in [5, 5.41) is 3.15. The fourth-order valence-electron chi connectivity index (χ4n) is 3.42. The van der Waals surface area contributed by atoms with Gasteiger partial charge < -0.3 is 19.5 Å². The molecular weight excluding hydrogens is 320 g/mol. The molecule has 1 aromatic rings. The molecule has 138 valence electrons. The van der Waals surface area contributed by atoms with E-state index in [1.54, 1.807) is 14.2 Å². The van der Waals surface area contributed by atoms with E-state index in [0.717, 1.165) is 44.7 Å². The van der Waals surface area contributed by atoms with Gasteiger partial charge in [0.1, 0.15) is 0 Å². The van der Waals surface area contributed by atoms with Crippen LogP contribution in [0.2, 0.25) is 0 Å². The molecule has 6 nitrogen and oxygen atoms in total. The number of hydrogen-bond acceptors (Lipinski definition) is 5. The quantitative estimate of drug-likeness (QED) is 0.817. The Kier molecular flexibility index (Phi) is 6.15. The molecule has 1 aliphatic carbocycles. The highest BCUT2D eigenvalue weighted by Gasteiger charge is 2.28. The predicted molar refractivity (Wildman–Crippen MR) is 95.0 cm³/mol. The van der Waals surface area contributed by atoms with Crippen LogP contribution in [-0.4, -0.2) is 57.9 Å². The number of amides is 1. The number of rotatable bonds is 7. The van der Waals surface area contributed by atoms with Crippen LogP contribution < -0.4 is 14.8 Å². The van der Waals surface area contributed by atoms with E-state index in [2.05, 4.69) is 16.3 Å². The van der Waals surface area contributed by atoms with Crippen LogP contribution >= 0.6 is 0 Å². The van der Waals surface area contributed by atoms with Crippen molar-refractivity contribution in [2.75, 3.05) is 47.1 Å². The summed E-state index contributed by atoms with van der Waals surface area (Å²) >= 11 is 0. The molecule has 3 rings (SSSR count). The molecule has 1 heterocycles. The number of morpholine rings is 1. The number of nitrogens with one attached hydrogen (secondary N) is 1. The van der Waals surface area contributed by atoms with Crippen LogP contribution in [0.1, 0.15) is 30.9 Å². The zero-order chi connectivity index (χ0) is 17.6. The highest BCUT2D eigenvalue weighted by Crippen LogP contribution is 2.32. The Hall–Kier alpha value is -1.79. The summed E-state index contributed by atoms with van der Waals surface area (Å²) in [4.78, 5) is 14.6. The Morgan fingerprint density at radius 1 is 1.24 bits per heavy atom. The Balaban J connectivity index is 1.76. The largest absolute Gasteiger partial charge is 0.493 e. The normalized spacial score (nSPS) is 19.8. The zero-order valence-corrected chi connectivity index (χ0v) is 15.1. The van der Waals surface area contributed by atoms with Crippen molar-refractivity contribution in [3.05, 3.63) is 23.8 Å². The van der Waals surface area contributed by atoms with Crippen molar-refractivity contribution in [1.82, 2.24) is 10.2 Å². The van der Waals surface area contributed by atoms with Crippen molar-refractivity contribution < 1.29 is 19.0 Å². The van der Waals surface area contributed by atoms with Crippen molar-refractivity contribution in [1.29, 1.82) is 0 Å². The smallest absolute Gasteiger partial charge is 0.223 e. The van der Waals surface area contributed by atoms with Crippen LogP contribution in [0.4, 0.5) is 0 Å². The van der Waals surface area contributed by atoms with Gasteiger partial charge in [0, 0.05) is 25.6 Å². The molecule has 1 aliphatic heterocycles. The van der Waals surface area contributed by atoms with Gasteiger partial charge in [0.15, 0.2) is 11.5 Å². The molecule has 0 spiro atoms. The molecule has 1 atom stereocenters. The average Bonchev–Trinajstić information content (AvgIpc) is 2.61. The number of hydrogen-bond donors (Lipinski definition) is 1. The topological polar surface area (TPSA) is 60.0 Å². The summed E-state index contributed by atoms with van der Waals surface area (Å²) in [6.45, 7) is 3.77. The molecular formula is C19H28N2O4. The molecule has 0 aromatic heterocycles. The third-order valence-electron chi connectivity index (χ3n) is 5.22. The molecule has 6 heteroatoms. The van der Waals surface area contributed by atoms with Gasteiger partial charge in [0.25, 0.3) is 0 Å². The van der Waals surface area contributed by atoms with E-state index in [1.807, 2.05) is 12.1 Å². The number of ether oxygens (including phenoxy) is 3. The molecule has 1 unspecified atom stereocenters. The molecule has 2 fully saturated rings. The molecule has 0 radical (unpaired) electrons. The van der Waals surface area contributed by atoms with Gasteiger partial charge in [-0.25, -0.2) is 0 Å². The van der Waals surface area contributed by atoms with Gasteiger partial charge in [-0.15, -0.1) is 0 Å². The number of benzene rings is 1. The lowest BCUT2D eigenvalue weighted by Gasteiger charge is -2.35. The predicted octanol–water partition coefficient (Wildman–Crippen LogP) is 1.99. The van der Waals surface area contributed by atoms with Crippen LogP contribution in [0.25, 0.3) is 0 Å². The zero-order valence-electron chi connectivity index (χ0n) is 15.1. The number of nitrogens with zero attached hydrogens (tertiary/aromatic N) is 1. The number of carbonyl (C=O) groups is 1. The van der Waals surface area contributed by atoms with E-state index in [-0.39, 0.29) is 17.9 Å². The van der Waals surface area contributed by atoms with Crippen LogP contribution in [-0.2, 0) is 9.53 Å². The van der Waals surface area contributed by atoms with Gasteiger partial charge in [-0.2, -0.15) is 0 Å². The lowest BCUT2D eigenvalue weighted by molar-refractivity contribution is -0.127. The van der Waals surface area contributed by atoms with Crippen LogP contribution in [0, 0.1) is 5.92 Å². The molecule has 1 N–H and O–H groups in total. The fraction of sp³-hybridized carbons (Fsp3) is 0.632. The Bertz CT molecular complexity index is 583. The van der Waals surface area contributed by atoms with Gasteiger partial charge in [0.05, 0.1) is 33.5 Å². The summed E-state index contributed by atoms with van der Waals surface area (Å²) < 4.78 is 16.3. The first kappa shape index (κ1) is 18.0. The Morgan fingerprint density at radius 2 is 1.96 bits per heavy atom. The minimum absolute atomic E-state index is 0.104. The lowest BCUT2D eigenvalue weighted by Crippen LogP contribution is -2.45. The van der Waals surface area contributed by atoms with Gasteiger partial charge in [-0.1, -0.05) is 12.5 Å². The van der Waals surface area contributed by atoms with Gasteiger partial charge in [-0.05, 0) is 30.5 Å². The molecule has 1 amide bonds. The highest BCUT2D eigenvalue weighted by atomic mass is 16.5. The summed E-state index contributed by atoms with van der Waals surface area (Å²) in [5.41, 5.74) is 1.12. The number of methoxy groups -OCH3 is 2. The minimum Gasteiger partial charge on any atom is -0.493 e. The third-order valence-corrected chi connectivity index (χ3v) is 5.22. The summed E-state index contributed by atoms with van der Waals surface area (Å²) in [5.74, 6) is 1.81. The summed E-state index contributed by atoms with van der Waals surface area (Å²) in [6.07, 6.45) is 3.20. The average molecular weight is 348 g/mol. The van der Waals surface area contributed by atoms with Crippen LogP contribution in [0.5, 0.6) is 11.5 Å². The first-order chi connectivity index (χ1) is 12.2. The molecule has 0 bridgehead atoms. The maximum atomic E-state index is 12.3. The van der Waals surface area contributed by atoms with Crippen molar-refractivity contribution in [3.63, 3.8) is 0 Å². The second-order valence-electron chi connectivity index (χ2n) is 6.65. The molecule has 1 saturated heterocycles. The van der Waals surface area contributed by atoms with Crippen molar-refractivity contribution >= 4 is 5.91 Å². The monoisotopic (exact) mass is 348 g/mol. The van der Waals surface area contributed by atoms with Crippen LogP contribution in [0.3, 0.4) is 0 Å². The molecule has 1 aromatic carbocycles. The maximum absolute atomic E-state index is 12.3. The highest BCUT2D eigenvalue weighted by molar-refractivity contribution is 5.79. The summed E-state index contributed by atoms with van der Waals surface area (Å²) in [7, 11) is 3.28. The number of carbonyl (C=O) groups excluding carboxylic acids is 1. The standard InChI is InChI=1S/C19H28N2O4/c1-23-17-7-6-15(12-18(17)24-2)16(21-8-10-25-11-9-21)13-20-19(22)14-4-3-5-14/h6-7,12,14,16H,3-5,8-11,13H2,1-2H3,(H,20,22). The van der Waals surface area contributed by atoms with E-state index in [0.29, 0.717) is 18.0 Å². The van der Waals surface area contributed by atoms with Crippen molar-refractivity contribution in [2.24, 2.45) is 5.92 Å². The second kappa shape index (κ2) is 8.54. The Morgan fingerprint density at radius 3 is 2.56 bits per heavy atom. The van der Waals surface area contributed by atoms with E-state index in [9.17, 15) is 4.79 Å². The van der Waals surface area contributed by atoms with Crippen LogP contribution in [0.15, 0.2) is 18.2 Å². The van der Waals surface area contributed by atoms with Gasteiger partial charge >= 0.3 is 0 Å². The SMILES string of the molecule is COc1ccc(C(CNC(=O)C2CCC2)N2CCOCC2)cc1OC. The first-order valence-corrected chi connectivity index (χ1v) is 9.04. The van der Waals surface area contributed by atoms with Crippen molar-refractivity contribution in [2.45, 2.75) is 25.3 Å². The lowest BCUT2D eigenvalue weighted by atomic mass is 9.85. The van der Waals surface area contributed by atoms with Gasteiger partial charge in [0.2, 0.25) is 5.91 Å². The molecule has 2 aliphatic rings. The molecule has 1 saturated carbocycles. The van der Waals surface area contributed by atoms with E-state index in [1.165, 1.54) is 6.42 Å². The third kappa shape index (κ3) is 4.25. The second-order valence-corrected chi connectivity index (χ2v) is 6.65. The van der Waals surface area contributed by atoms with E-state index >= 15 is 0 Å². The van der Waals surface area contributed by atoms with E-state index in [4.69, 9.17) is 14.2 Å². The minimum atomic E-state index is 0.104. The Labute approximate surface area is 149 Å².